The number of pyridine rings is 1. The first-order valence-electron chi connectivity index (χ1n) is 10.4. The molecule has 32 heavy (non-hydrogen) atoms. The summed E-state index contributed by atoms with van der Waals surface area (Å²) in [6.07, 6.45) is 3.32. The van der Waals surface area contributed by atoms with Crippen LogP contribution in [0.15, 0.2) is 41.9 Å². The van der Waals surface area contributed by atoms with E-state index in [1.807, 2.05) is 6.07 Å². The summed E-state index contributed by atoms with van der Waals surface area (Å²) in [4.78, 5) is 25.0. The summed E-state index contributed by atoms with van der Waals surface area (Å²) in [5, 5.41) is 6.51. The Balaban J connectivity index is 1.24. The van der Waals surface area contributed by atoms with Gasteiger partial charge in [0.25, 0.3) is 15.2 Å². The minimum absolute atomic E-state index is 0.0365. The number of hydrogen-bond donors (Lipinski definition) is 1. The molecule has 0 saturated carbocycles. The highest BCUT2D eigenvalue weighted by molar-refractivity contribution is 7.89. The summed E-state index contributed by atoms with van der Waals surface area (Å²) in [6, 6.07) is 6.40. The number of anilines is 1. The Morgan fingerprint density at radius 1 is 1.09 bits per heavy atom. The van der Waals surface area contributed by atoms with Gasteiger partial charge in [-0.05, 0) is 30.7 Å². The van der Waals surface area contributed by atoms with Crippen molar-refractivity contribution in [3.63, 3.8) is 0 Å². The lowest BCUT2D eigenvalue weighted by Gasteiger charge is -2.37. The number of aromatic nitrogens is 4. The Morgan fingerprint density at radius 2 is 1.91 bits per heavy atom. The smallest absolute Gasteiger partial charge is 0.278 e. The Labute approximate surface area is 184 Å². The predicted octanol–water partition coefficient (Wildman–Crippen LogP) is 0.851. The molecule has 0 bridgehead atoms. The van der Waals surface area contributed by atoms with E-state index in [0.29, 0.717) is 32.6 Å². The third-order valence-corrected chi connectivity index (χ3v) is 7.79. The van der Waals surface area contributed by atoms with Crippen molar-refractivity contribution in [3.8, 4) is 0 Å². The van der Waals surface area contributed by atoms with Gasteiger partial charge in [-0.2, -0.15) is 9.40 Å². The zero-order chi connectivity index (χ0) is 22.3. The molecule has 0 spiro atoms. The molecule has 2 fully saturated rings. The molecule has 0 aliphatic carbocycles. The molecule has 10 nitrogen and oxygen atoms in total. The molecule has 1 amide bonds. The lowest BCUT2D eigenvalue weighted by atomic mass is 10.1. The van der Waals surface area contributed by atoms with E-state index in [9.17, 15) is 17.6 Å². The van der Waals surface area contributed by atoms with Crippen molar-refractivity contribution >= 4 is 32.5 Å². The highest BCUT2D eigenvalue weighted by Crippen LogP contribution is 2.28. The molecule has 3 aromatic rings. The number of rotatable bonds is 4. The molecule has 4 heterocycles. The molecule has 168 valence electrons. The van der Waals surface area contributed by atoms with Crippen LogP contribution in [-0.4, -0.2) is 83.0 Å². The van der Waals surface area contributed by atoms with E-state index in [2.05, 4.69) is 25.1 Å². The first-order chi connectivity index (χ1) is 15.4. The minimum Gasteiger partial charge on any atom is -0.367 e. The summed E-state index contributed by atoms with van der Waals surface area (Å²) >= 11 is 0. The van der Waals surface area contributed by atoms with Crippen molar-refractivity contribution in [1.29, 1.82) is 0 Å². The largest absolute Gasteiger partial charge is 0.367 e. The van der Waals surface area contributed by atoms with Crippen LogP contribution in [0.2, 0.25) is 0 Å². The standard InChI is InChI=1S/C20H22FN7O3S/c21-15-1-2-17-16(11-15)18(3-5-22-17)26-7-9-27(10-8-26)19(29)14-4-6-28(12-14)32(30,31)20-23-13-24-25-20/h1-3,5,11,13-14H,4,6-10,12H2,(H,23,24,25)/t14-/m0/s1. The van der Waals surface area contributed by atoms with Gasteiger partial charge in [0.15, 0.2) is 0 Å². The number of amides is 1. The van der Waals surface area contributed by atoms with Gasteiger partial charge < -0.3 is 9.80 Å². The molecular formula is C20H22FN7O3S. The van der Waals surface area contributed by atoms with Crippen molar-refractivity contribution in [2.45, 2.75) is 11.6 Å². The predicted molar refractivity (Wildman–Crippen MR) is 114 cm³/mol. The zero-order valence-corrected chi connectivity index (χ0v) is 18.0. The quantitative estimate of drug-likeness (QED) is 0.615. The molecule has 1 atom stereocenters. The fourth-order valence-electron chi connectivity index (χ4n) is 4.39. The van der Waals surface area contributed by atoms with Gasteiger partial charge in [-0.15, -0.1) is 0 Å². The van der Waals surface area contributed by atoms with E-state index < -0.39 is 10.0 Å². The lowest BCUT2D eigenvalue weighted by Crippen LogP contribution is -2.50. The Bertz CT molecular complexity index is 1240. The van der Waals surface area contributed by atoms with Gasteiger partial charge in [0.1, 0.15) is 12.1 Å². The van der Waals surface area contributed by atoms with Gasteiger partial charge in [-0.1, -0.05) is 0 Å². The van der Waals surface area contributed by atoms with Crippen LogP contribution in [0.4, 0.5) is 10.1 Å². The molecule has 1 N–H and O–H groups in total. The number of piperazine rings is 1. The summed E-state index contributed by atoms with van der Waals surface area (Å²) in [5.41, 5.74) is 1.62. The molecule has 12 heteroatoms. The number of nitrogens with one attached hydrogen (secondary N) is 1. The monoisotopic (exact) mass is 459 g/mol. The number of fused-ring (bicyclic) bond motifs is 1. The SMILES string of the molecule is O=C([C@H]1CCN(S(=O)(=O)c2ncn[nH]2)C1)N1CCN(c2ccnc3ccc(F)cc23)CC1. The normalized spacial score (nSPS) is 20.2. The number of sulfonamides is 1. The summed E-state index contributed by atoms with van der Waals surface area (Å²) in [5.74, 6) is -0.729. The van der Waals surface area contributed by atoms with Crippen LogP contribution in [0, 0.1) is 11.7 Å². The van der Waals surface area contributed by atoms with Crippen LogP contribution >= 0.6 is 0 Å². The van der Waals surface area contributed by atoms with E-state index >= 15 is 0 Å². The molecule has 2 aliphatic heterocycles. The first-order valence-corrected chi connectivity index (χ1v) is 11.8. The maximum atomic E-state index is 13.8. The molecule has 1 aromatic carbocycles. The summed E-state index contributed by atoms with van der Waals surface area (Å²) in [7, 11) is -3.77. The number of benzene rings is 1. The number of hydrogen-bond acceptors (Lipinski definition) is 7. The minimum atomic E-state index is -3.77. The van der Waals surface area contributed by atoms with Crippen LogP contribution in [-0.2, 0) is 14.8 Å². The topological polar surface area (TPSA) is 115 Å². The van der Waals surface area contributed by atoms with Gasteiger partial charge >= 0.3 is 0 Å². The van der Waals surface area contributed by atoms with Crippen molar-refractivity contribution < 1.29 is 17.6 Å². The number of aromatic amines is 1. The fraction of sp³-hybridized carbons (Fsp3) is 0.400. The Hall–Kier alpha value is -3.12. The molecule has 5 rings (SSSR count). The first kappa shape index (κ1) is 20.8. The maximum absolute atomic E-state index is 13.8. The third kappa shape index (κ3) is 3.69. The lowest BCUT2D eigenvalue weighted by molar-refractivity contribution is -0.135. The highest BCUT2D eigenvalue weighted by Gasteiger charge is 2.39. The van der Waals surface area contributed by atoms with Crippen LogP contribution < -0.4 is 4.90 Å². The van der Waals surface area contributed by atoms with Crippen LogP contribution in [0.1, 0.15) is 6.42 Å². The third-order valence-electron chi connectivity index (χ3n) is 6.09. The number of H-pyrrole nitrogens is 1. The Morgan fingerprint density at radius 3 is 2.66 bits per heavy atom. The van der Waals surface area contributed by atoms with Crippen molar-refractivity contribution in [2.24, 2.45) is 5.92 Å². The zero-order valence-electron chi connectivity index (χ0n) is 17.2. The maximum Gasteiger partial charge on any atom is 0.278 e. The van der Waals surface area contributed by atoms with E-state index in [4.69, 9.17) is 0 Å². The van der Waals surface area contributed by atoms with Crippen molar-refractivity contribution in [2.75, 3.05) is 44.2 Å². The van der Waals surface area contributed by atoms with Gasteiger partial charge in [0.2, 0.25) is 5.91 Å². The number of carbonyl (C=O) groups is 1. The van der Waals surface area contributed by atoms with Crippen LogP contribution in [0.25, 0.3) is 10.9 Å². The Kier molecular flexibility index (Phi) is 5.25. The number of carbonyl (C=O) groups excluding carboxylic acids is 1. The van der Waals surface area contributed by atoms with Gasteiger partial charge in [-0.25, -0.2) is 22.9 Å². The molecule has 0 radical (unpaired) electrons. The average molecular weight is 460 g/mol. The van der Waals surface area contributed by atoms with Crippen LogP contribution in [0.3, 0.4) is 0 Å². The highest BCUT2D eigenvalue weighted by atomic mass is 32.2. The molecular weight excluding hydrogens is 437 g/mol. The van der Waals surface area contributed by atoms with Gasteiger partial charge in [0.05, 0.1) is 11.4 Å². The summed E-state index contributed by atoms with van der Waals surface area (Å²) in [6.45, 7) is 2.65. The van der Waals surface area contributed by atoms with E-state index in [1.54, 1.807) is 17.2 Å². The van der Waals surface area contributed by atoms with Crippen molar-refractivity contribution in [1.82, 2.24) is 29.4 Å². The number of nitrogens with zero attached hydrogens (tertiary/aromatic N) is 6. The summed E-state index contributed by atoms with van der Waals surface area (Å²) < 4.78 is 40.3. The fourth-order valence-corrected chi connectivity index (χ4v) is 5.71. The average Bonchev–Trinajstić information content (AvgIpc) is 3.51. The number of halogens is 1. The molecule has 0 unspecified atom stereocenters. The van der Waals surface area contributed by atoms with Crippen molar-refractivity contribution in [3.05, 3.63) is 42.6 Å². The second-order valence-electron chi connectivity index (χ2n) is 7.94. The van der Waals surface area contributed by atoms with E-state index in [-0.39, 0.29) is 35.9 Å². The van der Waals surface area contributed by atoms with E-state index in [0.717, 1.165) is 22.9 Å². The molecule has 2 saturated heterocycles. The second-order valence-corrected chi connectivity index (χ2v) is 9.80. The molecule has 2 aromatic heterocycles. The molecule has 2 aliphatic rings. The van der Waals surface area contributed by atoms with Gasteiger partial charge in [0, 0.05) is 56.5 Å². The van der Waals surface area contributed by atoms with E-state index in [1.165, 1.54) is 16.4 Å². The van der Waals surface area contributed by atoms with Crippen LogP contribution in [0.5, 0.6) is 0 Å². The second kappa shape index (κ2) is 8.10. The van der Waals surface area contributed by atoms with Gasteiger partial charge in [-0.3, -0.25) is 9.78 Å².